The van der Waals surface area contributed by atoms with Gasteiger partial charge in [-0.25, -0.2) is 14.2 Å². The molecule has 1 N–H and O–H groups in total. The van der Waals surface area contributed by atoms with Gasteiger partial charge in [-0.3, -0.25) is 9.69 Å². The highest BCUT2D eigenvalue weighted by Crippen LogP contribution is 2.42. The molecule has 1 saturated heterocycles. The first-order valence-corrected chi connectivity index (χ1v) is 9.67. The number of fused-ring (bicyclic) bond motifs is 3. The Morgan fingerprint density at radius 3 is 2.63 bits per heavy atom. The number of pyridine rings is 1. The monoisotopic (exact) mass is 408 g/mol. The van der Waals surface area contributed by atoms with E-state index < -0.39 is 17.7 Å². The van der Waals surface area contributed by atoms with Crippen molar-refractivity contribution >= 4 is 17.7 Å². The lowest BCUT2D eigenvalue weighted by Gasteiger charge is -2.26. The highest BCUT2D eigenvalue weighted by atomic mass is 19.1. The number of hydrogen-bond acceptors (Lipinski definition) is 4. The van der Waals surface area contributed by atoms with Crippen molar-refractivity contribution < 1.29 is 23.8 Å². The lowest BCUT2D eigenvalue weighted by atomic mass is 9.89. The van der Waals surface area contributed by atoms with Crippen molar-refractivity contribution in [2.45, 2.75) is 31.4 Å². The molecule has 1 fully saturated rings. The number of aromatic carboxylic acids is 1. The van der Waals surface area contributed by atoms with Gasteiger partial charge in [-0.05, 0) is 24.1 Å². The number of allylic oxidation sites excluding steroid dienone is 2. The minimum Gasteiger partial charge on any atom is -0.478 e. The van der Waals surface area contributed by atoms with Gasteiger partial charge in [0.15, 0.2) is 0 Å². The van der Waals surface area contributed by atoms with Gasteiger partial charge < -0.3 is 9.84 Å². The molecule has 2 aromatic rings. The van der Waals surface area contributed by atoms with E-state index in [4.69, 9.17) is 4.74 Å². The molecule has 1 aromatic carbocycles. The molecule has 2 aliphatic rings. The SMILES string of the molecule is C=CC(C=C)c1nc2c(c(-c3ccc(F)cc3)c1C(=O)O)COC[C@H]1CCC(=O)N21. The Kier molecular flexibility index (Phi) is 5.22. The van der Waals surface area contributed by atoms with Crippen LogP contribution >= 0.6 is 0 Å². The van der Waals surface area contributed by atoms with Gasteiger partial charge in [-0.2, -0.15) is 0 Å². The molecule has 3 heterocycles. The lowest BCUT2D eigenvalue weighted by molar-refractivity contribution is -0.117. The van der Waals surface area contributed by atoms with Crippen molar-refractivity contribution in [2.24, 2.45) is 0 Å². The molecule has 7 heteroatoms. The quantitative estimate of drug-likeness (QED) is 0.755. The Morgan fingerprint density at radius 2 is 2.00 bits per heavy atom. The first kappa shape index (κ1) is 20.0. The smallest absolute Gasteiger partial charge is 0.338 e. The van der Waals surface area contributed by atoms with Crippen LogP contribution in [0.3, 0.4) is 0 Å². The number of rotatable bonds is 5. The Morgan fingerprint density at radius 1 is 1.30 bits per heavy atom. The summed E-state index contributed by atoms with van der Waals surface area (Å²) < 4.78 is 19.4. The second-order valence-corrected chi connectivity index (χ2v) is 7.33. The predicted octanol–water partition coefficient (Wildman–Crippen LogP) is 4.07. The molecule has 154 valence electrons. The van der Waals surface area contributed by atoms with E-state index in [0.29, 0.717) is 42.0 Å². The van der Waals surface area contributed by atoms with E-state index in [9.17, 15) is 19.1 Å². The highest BCUT2D eigenvalue weighted by Gasteiger charge is 2.39. The van der Waals surface area contributed by atoms with Crippen LogP contribution in [0.15, 0.2) is 49.6 Å². The average molecular weight is 408 g/mol. The number of carboxylic acids is 1. The van der Waals surface area contributed by atoms with Crippen molar-refractivity contribution in [3.8, 4) is 11.1 Å². The third-order valence-corrected chi connectivity index (χ3v) is 5.58. The van der Waals surface area contributed by atoms with Crippen LogP contribution in [-0.4, -0.2) is 34.6 Å². The van der Waals surface area contributed by atoms with Gasteiger partial charge in [0, 0.05) is 23.5 Å². The summed E-state index contributed by atoms with van der Waals surface area (Å²) in [5.41, 5.74) is 1.60. The van der Waals surface area contributed by atoms with E-state index >= 15 is 0 Å². The largest absolute Gasteiger partial charge is 0.478 e. The van der Waals surface area contributed by atoms with Crippen molar-refractivity contribution in [1.29, 1.82) is 0 Å². The minimum atomic E-state index is -1.18. The van der Waals surface area contributed by atoms with Crippen LogP contribution in [0.2, 0.25) is 0 Å². The summed E-state index contributed by atoms with van der Waals surface area (Å²) in [5.74, 6) is -1.83. The van der Waals surface area contributed by atoms with E-state index in [1.54, 1.807) is 17.1 Å². The fourth-order valence-corrected chi connectivity index (χ4v) is 4.17. The van der Waals surface area contributed by atoms with E-state index in [0.717, 1.165) is 0 Å². The normalized spacial score (nSPS) is 18.0. The highest BCUT2D eigenvalue weighted by molar-refractivity contribution is 6.02. The standard InChI is InChI=1S/C23H21FN2O4/c1-3-13(4-2)21-20(23(28)29)19(14-5-7-15(24)8-6-14)17-12-30-11-16-9-10-18(27)26(16)22(17)25-21/h3-8,13,16H,1-2,9-12H2,(H,28,29)/t16-/m1/s1. The van der Waals surface area contributed by atoms with E-state index in [-0.39, 0.29) is 29.8 Å². The number of carboxylic acid groups (broad SMARTS) is 1. The van der Waals surface area contributed by atoms with Gasteiger partial charge in [-0.15, -0.1) is 13.2 Å². The van der Waals surface area contributed by atoms with Crippen LogP contribution in [0, 0.1) is 5.82 Å². The first-order valence-electron chi connectivity index (χ1n) is 9.67. The summed E-state index contributed by atoms with van der Waals surface area (Å²) in [6, 6.07) is 5.43. The van der Waals surface area contributed by atoms with Crippen molar-refractivity contribution in [2.75, 3.05) is 11.5 Å². The van der Waals surface area contributed by atoms with E-state index in [1.165, 1.54) is 24.3 Å². The number of hydrogen-bond donors (Lipinski definition) is 1. The van der Waals surface area contributed by atoms with E-state index in [2.05, 4.69) is 18.1 Å². The maximum absolute atomic E-state index is 13.6. The molecule has 4 rings (SSSR count). The predicted molar refractivity (Wildman–Crippen MR) is 110 cm³/mol. The van der Waals surface area contributed by atoms with Gasteiger partial charge in [-0.1, -0.05) is 24.3 Å². The molecule has 1 aromatic heterocycles. The maximum atomic E-state index is 13.6. The second-order valence-electron chi connectivity index (χ2n) is 7.33. The molecule has 0 spiro atoms. The number of halogens is 1. The van der Waals surface area contributed by atoms with Crippen LogP contribution in [-0.2, 0) is 16.1 Å². The molecular weight excluding hydrogens is 387 g/mol. The third kappa shape index (κ3) is 3.21. The molecule has 0 unspecified atom stereocenters. The van der Waals surface area contributed by atoms with Crippen molar-refractivity contribution in [1.82, 2.24) is 4.98 Å². The number of carbonyl (C=O) groups is 2. The summed E-state index contributed by atoms with van der Waals surface area (Å²) in [6.07, 6.45) is 4.13. The summed E-state index contributed by atoms with van der Waals surface area (Å²) in [4.78, 5) is 31.3. The maximum Gasteiger partial charge on any atom is 0.338 e. The van der Waals surface area contributed by atoms with Gasteiger partial charge >= 0.3 is 5.97 Å². The summed E-state index contributed by atoms with van der Waals surface area (Å²) in [7, 11) is 0. The van der Waals surface area contributed by atoms with Gasteiger partial charge in [0.05, 0.1) is 30.5 Å². The molecule has 6 nitrogen and oxygen atoms in total. The molecule has 2 aliphatic heterocycles. The Balaban J connectivity index is 2.10. The van der Waals surface area contributed by atoms with Crippen LogP contribution in [0.1, 0.15) is 40.4 Å². The summed E-state index contributed by atoms with van der Waals surface area (Å²) in [5, 5.41) is 10.1. The fraction of sp³-hybridized carbons (Fsp3) is 0.261. The molecule has 1 atom stereocenters. The number of ether oxygens (including phenoxy) is 1. The van der Waals surface area contributed by atoms with Gasteiger partial charge in [0.2, 0.25) is 5.91 Å². The van der Waals surface area contributed by atoms with Gasteiger partial charge in [0.25, 0.3) is 0 Å². The van der Waals surface area contributed by atoms with Crippen LogP contribution in [0.4, 0.5) is 10.2 Å². The Bertz CT molecular complexity index is 1040. The number of benzene rings is 1. The Labute approximate surface area is 173 Å². The zero-order chi connectivity index (χ0) is 21.4. The van der Waals surface area contributed by atoms with Crippen molar-refractivity contribution in [3.05, 3.63) is 72.2 Å². The van der Waals surface area contributed by atoms with Crippen LogP contribution < -0.4 is 4.90 Å². The summed E-state index contributed by atoms with van der Waals surface area (Å²) in [6.45, 7) is 7.99. The molecule has 0 radical (unpaired) electrons. The lowest BCUT2D eigenvalue weighted by Crippen LogP contribution is -2.36. The number of carbonyl (C=O) groups excluding carboxylic acids is 1. The van der Waals surface area contributed by atoms with Crippen molar-refractivity contribution in [3.63, 3.8) is 0 Å². The van der Waals surface area contributed by atoms with Crippen LogP contribution in [0.5, 0.6) is 0 Å². The average Bonchev–Trinajstić information content (AvgIpc) is 2.99. The molecule has 30 heavy (non-hydrogen) atoms. The molecule has 0 aliphatic carbocycles. The molecule has 0 bridgehead atoms. The minimum absolute atomic E-state index is 0.0288. The second kappa shape index (κ2) is 7.84. The topological polar surface area (TPSA) is 79.7 Å². The van der Waals surface area contributed by atoms with E-state index in [1.807, 2.05) is 0 Å². The van der Waals surface area contributed by atoms with Gasteiger partial charge in [0.1, 0.15) is 11.6 Å². The third-order valence-electron chi connectivity index (χ3n) is 5.58. The number of aromatic nitrogens is 1. The first-order chi connectivity index (χ1) is 14.5. The zero-order valence-electron chi connectivity index (χ0n) is 16.3. The molecule has 1 amide bonds. The van der Waals surface area contributed by atoms with Crippen LogP contribution in [0.25, 0.3) is 11.1 Å². The summed E-state index contributed by atoms with van der Waals surface area (Å²) >= 11 is 0. The number of amides is 1. The zero-order valence-corrected chi connectivity index (χ0v) is 16.3. The number of nitrogens with zero attached hydrogens (tertiary/aromatic N) is 2. The Hall–Kier alpha value is -3.32. The molecule has 0 saturated carbocycles. The number of anilines is 1. The molecular formula is C23H21FN2O4. The fourth-order valence-electron chi connectivity index (χ4n) is 4.17.